The highest BCUT2D eigenvalue weighted by molar-refractivity contribution is 7.89. The van der Waals surface area contributed by atoms with Gasteiger partial charge in [-0.05, 0) is 50.3 Å². The van der Waals surface area contributed by atoms with Crippen molar-refractivity contribution in [2.45, 2.75) is 37.6 Å². The topological polar surface area (TPSA) is 96.4 Å². The van der Waals surface area contributed by atoms with Gasteiger partial charge < -0.3 is 5.11 Å². The molecule has 0 saturated heterocycles. The molecule has 9 heteroatoms. The van der Waals surface area contributed by atoms with Crippen LogP contribution in [0, 0.1) is 25.6 Å². The standard InChI is InChI=1S/C16H17FN2O4S2/c1-8-5-11(16(20)21)13(17)12(6-8)25(22,23)19-14(10-3-4-10)15-18-7-9(2)24-15/h5-7,10,14,19H,3-4H2,1-2H3,(H,20,21). The van der Waals surface area contributed by atoms with Crippen LogP contribution in [0.15, 0.2) is 23.2 Å². The molecule has 0 bridgehead atoms. The average Bonchev–Trinajstić information content (AvgIpc) is 3.28. The van der Waals surface area contributed by atoms with Gasteiger partial charge in [0.05, 0.1) is 11.6 Å². The van der Waals surface area contributed by atoms with Crippen LogP contribution < -0.4 is 4.72 Å². The van der Waals surface area contributed by atoms with Crippen molar-refractivity contribution in [2.24, 2.45) is 5.92 Å². The van der Waals surface area contributed by atoms with E-state index in [0.717, 1.165) is 29.9 Å². The molecule has 1 atom stereocenters. The second-order valence-electron chi connectivity index (χ2n) is 6.18. The van der Waals surface area contributed by atoms with E-state index in [0.29, 0.717) is 10.6 Å². The van der Waals surface area contributed by atoms with Crippen molar-refractivity contribution in [3.63, 3.8) is 0 Å². The summed E-state index contributed by atoms with van der Waals surface area (Å²) in [4.78, 5) is 15.7. The van der Waals surface area contributed by atoms with Gasteiger partial charge in [0.2, 0.25) is 10.0 Å². The molecule has 2 N–H and O–H groups in total. The number of benzene rings is 1. The Balaban J connectivity index is 2.00. The Bertz CT molecular complexity index is 936. The zero-order valence-corrected chi connectivity index (χ0v) is 15.2. The number of carboxylic acids is 1. The van der Waals surface area contributed by atoms with Gasteiger partial charge in [0, 0.05) is 11.1 Å². The van der Waals surface area contributed by atoms with Crippen molar-refractivity contribution in [3.8, 4) is 0 Å². The molecule has 1 fully saturated rings. The molecule has 1 aromatic heterocycles. The zero-order valence-electron chi connectivity index (χ0n) is 13.6. The second kappa shape index (κ2) is 6.47. The summed E-state index contributed by atoms with van der Waals surface area (Å²) >= 11 is 1.39. The molecule has 6 nitrogen and oxygen atoms in total. The number of aromatic carboxylic acids is 1. The van der Waals surface area contributed by atoms with Gasteiger partial charge >= 0.3 is 5.97 Å². The molecule has 1 heterocycles. The predicted molar refractivity (Wildman–Crippen MR) is 90.7 cm³/mol. The van der Waals surface area contributed by atoms with E-state index >= 15 is 0 Å². The van der Waals surface area contributed by atoms with Gasteiger partial charge in [0.1, 0.15) is 9.90 Å². The first-order valence-corrected chi connectivity index (χ1v) is 9.97. The van der Waals surface area contributed by atoms with E-state index < -0.39 is 38.3 Å². The maximum atomic E-state index is 14.5. The minimum atomic E-state index is -4.23. The third-order valence-corrected chi connectivity index (χ3v) is 6.42. The summed E-state index contributed by atoms with van der Waals surface area (Å²) < 4.78 is 42.5. The SMILES string of the molecule is Cc1cc(C(=O)O)c(F)c(S(=O)(=O)NC(c2ncc(C)s2)C2CC2)c1. The monoisotopic (exact) mass is 384 g/mol. The number of aromatic nitrogens is 1. The highest BCUT2D eigenvalue weighted by Gasteiger charge is 2.38. The normalized spacial score (nSPS) is 16.0. The van der Waals surface area contributed by atoms with E-state index in [-0.39, 0.29) is 5.92 Å². The molecule has 0 radical (unpaired) electrons. The minimum absolute atomic E-state index is 0.118. The summed E-state index contributed by atoms with van der Waals surface area (Å²) in [6, 6.07) is 1.72. The first-order chi connectivity index (χ1) is 11.7. The van der Waals surface area contributed by atoms with Crippen LogP contribution in [0.2, 0.25) is 0 Å². The summed E-state index contributed by atoms with van der Waals surface area (Å²) in [6.07, 6.45) is 3.39. The number of nitrogens with zero attached hydrogens (tertiary/aromatic N) is 1. The van der Waals surface area contributed by atoms with Gasteiger partial charge in [-0.1, -0.05) is 0 Å². The maximum absolute atomic E-state index is 14.5. The van der Waals surface area contributed by atoms with Crippen LogP contribution >= 0.6 is 11.3 Å². The summed E-state index contributed by atoms with van der Waals surface area (Å²) in [7, 11) is -4.23. The van der Waals surface area contributed by atoms with Crippen LogP contribution in [-0.2, 0) is 10.0 Å². The molecule has 1 aliphatic rings. The number of thiazole rings is 1. The number of aryl methyl sites for hydroxylation is 2. The molecule has 2 aromatic rings. The number of hydrogen-bond donors (Lipinski definition) is 2. The van der Waals surface area contributed by atoms with Crippen LogP contribution in [0.4, 0.5) is 4.39 Å². The molecule has 0 aliphatic heterocycles. The third-order valence-electron chi connectivity index (χ3n) is 3.98. The number of halogens is 1. The van der Waals surface area contributed by atoms with Gasteiger partial charge in [0.15, 0.2) is 5.82 Å². The average molecular weight is 384 g/mol. The van der Waals surface area contributed by atoms with E-state index in [1.165, 1.54) is 18.3 Å². The molecule has 25 heavy (non-hydrogen) atoms. The maximum Gasteiger partial charge on any atom is 0.338 e. The van der Waals surface area contributed by atoms with Crippen LogP contribution in [0.25, 0.3) is 0 Å². The molecular weight excluding hydrogens is 367 g/mol. The van der Waals surface area contributed by atoms with Gasteiger partial charge in [0.25, 0.3) is 0 Å². The quantitative estimate of drug-likeness (QED) is 0.798. The first-order valence-electron chi connectivity index (χ1n) is 7.67. The second-order valence-corrected chi connectivity index (χ2v) is 9.12. The smallest absolute Gasteiger partial charge is 0.338 e. The van der Waals surface area contributed by atoms with Crippen LogP contribution in [0.3, 0.4) is 0 Å². The van der Waals surface area contributed by atoms with Gasteiger partial charge in [-0.25, -0.2) is 27.3 Å². The molecule has 3 rings (SSSR count). The Morgan fingerprint density at radius 3 is 2.60 bits per heavy atom. The molecule has 1 aromatic carbocycles. The first kappa shape index (κ1) is 18.0. The van der Waals surface area contributed by atoms with Gasteiger partial charge in [-0.2, -0.15) is 0 Å². The fraction of sp³-hybridized carbons (Fsp3) is 0.375. The Hall–Kier alpha value is -1.84. The van der Waals surface area contributed by atoms with Crippen LogP contribution in [0.1, 0.15) is 44.7 Å². The number of carboxylic acid groups (broad SMARTS) is 1. The van der Waals surface area contributed by atoms with Crippen LogP contribution in [0.5, 0.6) is 0 Å². The third kappa shape index (κ3) is 3.73. The summed E-state index contributed by atoms with van der Waals surface area (Å²) in [5.74, 6) is -2.64. The van der Waals surface area contributed by atoms with Gasteiger partial charge in [-0.3, -0.25) is 0 Å². The number of carbonyl (C=O) groups is 1. The van der Waals surface area contributed by atoms with Crippen molar-refractivity contribution < 1.29 is 22.7 Å². The molecule has 134 valence electrons. The highest BCUT2D eigenvalue weighted by atomic mass is 32.2. The largest absolute Gasteiger partial charge is 0.478 e. The lowest BCUT2D eigenvalue weighted by atomic mass is 10.1. The zero-order chi connectivity index (χ0) is 18.4. The molecule has 1 saturated carbocycles. The summed E-state index contributed by atoms with van der Waals surface area (Å²) in [5.41, 5.74) is -0.305. The lowest BCUT2D eigenvalue weighted by molar-refractivity contribution is 0.0691. The Labute approximate surface area is 148 Å². The number of sulfonamides is 1. The molecule has 0 amide bonds. The van der Waals surface area contributed by atoms with Crippen molar-refractivity contribution in [1.29, 1.82) is 0 Å². The van der Waals surface area contributed by atoms with E-state index in [2.05, 4.69) is 9.71 Å². The van der Waals surface area contributed by atoms with Crippen molar-refractivity contribution in [2.75, 3.05) is 0 Å². The summed E-state index contributed by atoms with van der Waals surface area (Å²) in [5, 5.41) is 9.71. The highest BCUT2D eigenvalue weighted by Crippen LogP contribution is 2.43. The number of hydrogen-bond acceptors (Lipinski definition) is 5. The fourth-order valence-electron chi connectivity index (χ4n) is 2.61. The van der Waals surface area contributed by atoms with E-state index in [4.69, 9.17) is 5.11 Å². The minimum Gasteiger partial charge on any atom is -0.478 e. The lowest BCUT2D eigenvalue weighted by Gasteiger charge is -2.17. The van der Waals surface area contributed by atoms with E-state index in [1.807, 2.05) is 6.92 Å². The Morgan fingerprint density at radius 2 is 2.08 bits per heavy atom. The predicted octanol–water partition coefficient (Wildman–Crippen LogP) is 3.03. The van der Waals surface area contributed by atoms with Crippen LogP contribution in [-0.4, -0.2) is 24.5 Å². The number of nitrogens with one attached hydrogen (secondary N) is 1. The molecule has 1 aliphatic carbocycles. The van der Waals surface area contributed by atoms with Crippen molar-refractivity contribution >= 4 is 27.3 Å². The number of rotatable bonds is 6. The van der Waals surface area contributed by atoms with Gasteiger partial charge in [-0.15, -0.1) is 11.3 Å². The lowest BCUT2D eigenvalue weighted by Crippen LogP contribution is -2.31. The molecular formula is C16H17FN2O4S2. The Kier molecular flexibility index (Phi) is 4.65. The summed E-state index contributed by atoms with van der Waals surface area (Å²) in [6.45, 7) is 3.40. The van der Waals surface area contributed by atoms with Crippen molar-refractivity contribution in [1.82, 2.24) is 9.71 Å². The van der Waals surface area contributed by atoms with E-state index in [9.17, 15) is 17.6 Å². The fourth-order valence-corrected chi connectivity index (χ4v) is 5.06. The molecule has 0 spiro atoms. The van der Waals surface area contributed by atoms with Crippen molar-refractivity contribution in [3.05, 3.63) is 45.2 Å². The Morgan fingerprint density at radius 1 is 1.40 bits per heavy atom. The molecule has 1 unspecified atom stereocenters. The van der Waals surface area contributed by atoms with E-state index in [1.54, 1.807) is 6.20 Å².